The average molecular weight is 347 g/mol. The van der Waals surface area contributed by atoms with Gasteiger partial charge in [0.25, 0.3) is 5.91 Å². The molecule has 0 aliphatic heterocycles. The lowest BCUT2D eigenvalue weighted by Crippen LogP contribution is -2.21. The number of hydrogen-bond donors (Lipinski definition) is 3. The largest absolute Gasteiger partial charge is 0.508 e. The molecule has 0 fully saturated rings. The minimum Gasteiger partial charge on any atom is -0.508 e. The van der Waals surface area contributed by atoms with E-state index >= 15 is 0 Å². The summed E-state index contributed by atoms with van der Waals surface area (Å²) in [5.74, 6) is -1.18. The van der Waals surface area contributed by atoms with Gasteiger partial charge in [0.15, 0.2) is 6.61 Å². The standard InChI is InChI=1S/C17H17NO7/c1-23-11-4-6-13(15(8-11)24-2)18-16(21)9-25-17(22)12-5-3-10(19)7-14(12)20/h3-8,19-20H,9H2,1-2H3,(H,18,21). The first-order valence-corrected chi connectivity index (χ1v) is 7.15. The fourth-order valence-corrected chi connectivity index (χ4v) is 1.99. The van der Waals surface area contributed by atoms with Gasteiger partial charge in [0.1, 0.15) is 28.6 Å². The molecule has 1 amide bonds. The van der Waals surface area contributed by atoms with E-state index < -0.39 is 24.2 Å². The first kappa shape index (κ1) is 17.9. The van der Waals surface area contributed by atoms with E-state index in [1.54, 1.807) is 18.2 Å². The number of carbonyl (C=O) groups excluding carboxylic acids is 2. The highest BCUT2D eigenvalue weighted by Crippen LogP contribution is 2.29. The number of anilines is 1. The van der Waals surface area contributed by atoms with Gasteiger partial charge in [0.2, 0.25) is 0 Å². The Morgan fingerprint density at radius 1 is 1.04 bits per heavy atom. The van der Waals surface area contributed by atoms with Crippen LogP contribution in [-0.4, -0.2) is 42.9 Å². The van der Waals surface area contributed by atoms with Gasteiger partial charge in [-0.1, -0.05) is 0 Å². The van der Waals surface area contributed by atoms with E-state index in [0.717, 1.165) is 6.07 Å². The van der Waals surface area contributed by atoms with Crippen LogP contribution >= 0.6 is 0 Å². The molecular weight excluding hydrogens is 330 g/mol. The molecule has 0 radical (unpaired) electrons. The molecular formula is C17H17NO7. The third kappa shape index (κ3) is 4.54. The molecule has 2 aromatic carbocycles. The molecule has 2 aromatic rings. The Balaban J connectivity index is 1.98. The van der Waals surface area contributed by atoms with Crippen molar-refractivity contribution in [2.75, 3.05) is 26.1 Å². The topological polar surface area (TPSA) is 114 Å². The maximum atomic E-state index is 11.9. The second-order valence-corrected chi connectivity index (χ2v) is 4.89. The molecule has 0 atom stereocenters. The van der Waals surface area contributed by atoms with Crippen molar-refractivity contribution in [2.24, 2.45) is 0 Å². The summed E-state index contributed by atoms with van der Waals surface area (Å²) in [7, 11) is 2.95. The van der Waals surface area contributed by atoms with Gasteiger partial charge in [0, 0.05) is 12.1 Å². The van der Waals surface area contributed by atoms with Crippen LogP contribution in [0.1, 0.15) is 10.4 Å². The van der Waals surface area contributed by atoms with Crippen molar-refractivity contribution in [1.82, 2.24) is 0 Å². The Kier molecular flexibility index (Phi) is 5.67. The summed E-state index contributed by atoms with van der Waals surface area (Å²) in [5.41, 5.74) is 0.226. The van der Waals surface area contributed by atoms with Crippen molar-refractivity contribution in [1.29, 1.82) is 0 Å². The Hall–Kier alpha value is -3.42. The molecule has 8 nitrogen and oxygen atoms in total. The van der Waals surface area contributed by atoms with Gasteiger partial charge in [0.05, 0.1) is 19.9 Å². The third-order valence-corrected chi connectivity index (χ3v) is 3.22. The second kappa shape index (κ2) is 7.91. The second-order valence-electron chi connectivity index (χ2n) is 4.89. The fraction of sp³-hybridized carbons (Fsp3) is 0.176. The molecule has 0 heterocycles. The van der Waals surface area contributed by atoms with Crippen LogP contribution in [0.15, 0.2) is 36.4 Å². The lowest BCUT2D eigenvalue weighted by atomic mass is 10.2. The zero-order valence-electron chi connectivity index (χ0n) is 13.6. The molecule has 0 aromatic heterocycles. The minimum atomic E-state index is -0.894. The van der Waals surface area contributed by atoms with Crippen LogP contribution in [0, 0.1) is 0 Å². The van der Waals surface area contributed by atoms with Gasteiger partial charge in [-0.25, -0.2) is 4.79 Å². The van der Waals surface area contributed by atoms with Crippen LogP contribution < -0.4 is 14.8 Å². The number of carbonyl (C=O) groups is 2. The number of esters is 1. The summed E-state index contributed by atoms with van der Waals surface area (Å²) < 4.78 is 15.1. The summed E-state index contributed by atoms with van der Waals surface area (Å²) >= 11 is 0. The van der Waals surface area contributed by atoms with Gasteiger partial charge in [-0.15, -0.1) is 0 Å². The monoisotopic (exact) mass is 347 g/mol. The first-order valence-electron chi connectivity index (χ1n) is 7.15. The quantitative estimate of drug-likeness (QED) is 0.684. The molecule has 2 rings (SSSR count). The molecule has 0 bridgehead atoms. The third-order valence-electron chi connectivity index (χ3n) is 3.22. The van der Waals surface area contributed by atoms with Crippen LogP contribution in [0.4, 0.5) is 5.69 Å². The molecule has 0 saturated heterocycles. The SMILES string of the molecule is COc1ccc(NC(=O)COC(=O)c2ccc(O)cc2O)c(OC)c1. The summed E-state index contributed by atoms with van der Waals surface area (Å²) in [4.78, 5) is 23.8. The lowest BCUT2D eigenvalue weighted by Gasteiger charge is -2.12. The van der Waals surface area contributed by atoms with E-state index in [4.69, 9.17) is 14.2 Å². The van der Waals surface area contributed by atoms with Gasteiger partial charge >= 0.3 is 5.97 Å². The molecule has 3 N–H and O–H groups in total. The molecule has 0 aliphatic carbocycles. The molecule has 132 valence electrons. The van der Waals surface area contributed by atoms with E-state index in [-0.39, 0.29) is 11.3 Å². The molecule has 0 spiro atoms. The average Bonchev–Trinajstić information content (AvgIpc) is 2.60. The van der Waals surface area contributed by atoms with Crippen LogP contribution in [0.5, 0.6) is 23.0 Å². The highest BCUT2D eigenvalue weighted by atomic mass is 16.5. The molecule has 8 heteroatoms. The predicted molar refractivity (Wildman–Crippen MR) is 88.2 cm³/mol. The summed E-state index contributed by atoms with van der Waals surface area (Å²) in [5, 5.41) is 21.3. The number of aromatic hydroxyl groups is 2. The van der Waals surface area contributed by atoms with Crippen molar-refractivity contribution in [3.63, 3.8) is 0 Å². The number of hydrogen-bond acceptors (Lipinski definition) is 7. The molecule has 0 saturated carbocycles. The van der Waals surface area contributed by atoms with Crippen molar-refractivity contribution in [2.45, 2.75) is 0 Å². The number of nitrogens with one attached hydrogen (secondary N) is 1. The molecule has 0 unspecified atom stereocenters. The Bertz CT molecular complexity index is 789. The van der Waals surface area contributed by atoms with Gasteiger partial charge in [-0.3, -0.25) is 4.79 Å². The number of phenols is 2. The van der Waals surface area contributed by atoms with Crippen LogP contribution in [0.2, 0.25) is 0 Å². The van der Waals surface area contributed by atoms with Crippen molar-refractivity contribution >= 4 is 17.6 Å². The van der Waals surface area contributed by atoms with E-state index in [9.17, 15) is 19.8 Å². The van der Waals surface area contributed by atoms with E-state index in [1.165, 1.54) is 26.4 Å². The zero-order chi connectivity index (χ0) is 18.4. The maximum Gasteiger partial charge on any atom is 0.342 e. The number of ether oxygens (including phenoxy) is 3. The van der Waals surface area contributed by atoms with E-state index in [0.29, 0.717) is 17.2 Å². The Morgan fingerprint density at radius 2 is 1.80 bits per heavy atom. The maximum absolute atomic E-state index is 11.9. The minimum absolute atomic E-state index is 0.160. The number of benzene rings is 2. The summed E-state index contributed by atoms with van der Waals surface area (Å²) in [6.45, 7) is -0.561. The normalized spacial score (nSPS) is 10.0. The molecule has 0 aliphatic rings. The zero-order valence-corrected chi connectivity index (χ0v) is 13.6. The van der Waals surface area contributed by atoms with Crippen LogP contribution in [0.3, 0.4) is 0 Å². The van der Waals surface area contributed by atoms with Gasteiger partial charge < -0.3 is 29.7 Å². The van der Waals surface area contributed by atoms with Gasteiger partial charge in [-0.05, 0) is 24.3 Å². The van der Waals surface area contributed by atoms with E-state index in [1.807, 2.05) is 0 Å². The smallest absolute Gasteiger partial charge is 0.342 e. The van der Waals surface area contributed by atoms with Crippen molar-refractivity contribution in [3.8, 4) is 23.0 Å². The number of amides is 1. The number of methoxy groups -OCH3 is 2. The highest BCUT2D eigenvalue weighted by molar-refractivity contribution is 5.97. The Morgan fingerprint density at radius 3 is 2.44 bits per heavy atom. The predicted octanol–water partition coefficient (Wildman–Crippen LogP) is 1.91. The molecule has 25 heavy (non-hydrogen) atoms. The first-order chi connectivity index (χ1) is 11.9. The van der Waals surface area contributed by atoms with Crippen molar-refractivity contribution < 1.29 is 34.0 Å². The van der Waals surface area contributed by atoms with Crippen molar-refractivity contribution in [3.05, 3.63) is 42.0 Å². The number of rotatable bonds is 6. The van der Waals surface area contributed by atoms with Crippen LogP contribution in [0.25, 0.3) is 0 Å². The van der Waals surface area contributed by atoms with Crippen LogP contribution in [-0.2, 0) is 9.53 Å². The summed E-state index contributed by atoms with van der Waals surface area (Å²) in [6.07, 6.45) is 0. The Labute approximate surface area is 143 Å². The van der Waals surface area contributed by atoms with Gasteiger partial charge in [-0.2, -0.15) is 0 Å². The highest BCUT2D eigenvalue weighted by Gasteiger charge is 2.16. The lowest BCUT2D eigenvalue weighted by molar-refractivity contribution is -0.119. The number of phenolic OH excluding ortho intramolecular Hbond substituents is 2. The fourth-order valence-electron chi connectivity index (χ4n) is 1.99. The summed E-state index contributed by atoms with van der Waals surface area (Å²) in [6, 6.07) is 8.23. The van der Waals surface area contributed by atoms with E-state index in [2.05, 4.69) is 5.32 Å².